The highest BCUT2D eigenvalue weighted by molar-refractivity contribution is 14.0. The van der Waals surface area contributed by atoms with Crippen LogP contribution in [-0.4, -0.2) is 80.6 Å². The van der Waals surface area contributed by atoms with Gasteiger partial charge in [-0.25, -0.2) is 4.79 Å². The summed E-state index contributed by atoms with van der Waals surface area (Å²) in [6, 6.07) is 10.1. The van der Waals surface area contributed by atoms with Gasteiger partial charge in [-0.15, -0.1) is 24.0 Å². The summed E-state index contributed by atoms with van der Waals surface area (Å²) >= 11 is 0. The van der Waals surface area contributed by atoms with E-state index in [0.29, 0.717) is 13.1 Å². The van der Waals surface area contributed by atoms with E-state index in [4.69, 9.17) is 0 Å². The van der Waals surface area contributed by atoms with Gasteiger partial charge in [0.25, 0.3) is 0 Å². The van der Waals surface area contributed by atoms with Crippen LogP contribution in [0.2, 0.25) is 0 Å². The van der Waals surface area contributed by atoms with Crippen LogP contribution in [0.15, 0.2) is 35.3 Å². The minimum atomic E-state index is -0.321. The molecule has 0 atom stereocenters. The summed E-state index contributed by atoms with van der Waals surface area (Å²) < 4.78 is 0. The third-order valence-electron chi connectivity index (χ3n) is 4.47. The average Bonchev–Trinajstić information content (AvgIpc) is 2.98. The van der Waals surface area contributed by atoms with Crippen molar-refractivity contribution in [2.45, 2.75) is 0 Å². The van der Waals surface area contributed by atoms with E-state index in [1.165, 1.54) is 10.6 Å². The van der Waals surface area contributed by atoms with E-state index in [1.807, 2.05) is 6.07 Å². The molecule has 1 aromatic rings. The first-order valence-electron chi connectivity index (χ1n) is 8.53. The zero-order chi connectivity index (χ0) is 17.6. The summed E-state index contributed by atoms with van der Waals surface area (Å²) in [6.07, 6.45) is 0. The Hall–Kier alpha value is -2.04. The Labute approximate surface area is 170 Å². The third kappa shape index (κ3) is 4.77. The number of hydrogen-bond acceptors (Lipinski definition) is 4. The Balaban J connectivity index is 0.00000243. The van der Waals surface area contributed by atoms with Crippen molar-refractivity contribution in [1.29, 1.82) is 0 Å². The Morgan fingerprint density at radius 1 is 1.15 bits per heavy atom. The number of halogens is 1. The van der Waals surface area contributed by atoms with Gasteiger partial charge in [0.15, 0.2) is 5.96 Å². The first-order chi connectivity index (χ1) is 12.2. The fourth-order valence-electron chi connectivity index (χ4n) is 3.11. The molecule has 0 spiro atoms. The number of carbonyl (C=O) groups excluding carboxylic acids is 2. The fraction of sp³-hybridized carbons (Fsp3) is 0.471. The van der Waals surface area contributed by atoms with Gasteiger partial charge in [-0.3, -0.25) is 14.7 Å². The lowest BCUT2D eigenvalue weighted by atomic mass is 10.2. The molecule has 142 valence electrons. The minimum absolute atomic E-state index is 0. The Bertz CT molecular complexity index is 630. The number of carbonyl (C=O) groups is 2. The molecular formula is C17H25IN6O2. The van der Waals surface area contributed by atoms with Crippen molar-refractivity contribution in [2.24, 2.45) is 4.99 Å². The van der Waals surface area contributed by atoms with Crippen molar-refractivity contribution in [3.05, 3.63) is 30.3 Å². The molecule has 2 aliphatic rings. The van der Waals surface area contributed by atoms with E-state index < -0.39 is 0 Å². The van der Waals surface area contributed by atoms with Crippen LogP contribution >= 0.6 is 24.0 Å². The zero-order valence-corrected chi connectivity index (χ0v) is 17.2. The van der Waals surface area contributed by atoms with Gasteiger partial charge < -0.3 is 20.4 Å². The quantitative estimate of drug-likeness (QED) is 0.290. The number of urea groups is 1. The molecule has 0 unspecified atom stereocenters. The van der Waals surface area contributed by atoms with Gasteiger partial charge in [-0.2, -0.15) is 0 Å². The van der Waals surface area contributed by atoms with Crippen LogP contribution in [0.3, 0.4) is 0 Å². The van der Waals surface area contributed by atoms with Crippen molar-refractivity contribution in [3.8, 4) is 0 Å². The molecular weight excluding hydrogens is 447 g/mol. The van der Waals surface area contributed by atoms with E-state index in [0.717, 1.165) is 32.1 Å². The second-order valence-corrected chi connectivity index (χ2v) is 5.99. The minimum Gasteiger partial charge on any atom is -0.368 e. The molecule has 0 radical (unpaired) electrons. The normalized spacial score (nSPS) is 17.9. The van der Waals surface area contributed by atoms with Crippen LogP contribution in [0.4, 0.5) is 10.5 Å². The van der Waals surface area contributed by atoms with E-state index >= 15 is 0 Å². The highest BCUT2D eigenvalue weighted by atomic mass is 127. The zero-order valence-electron chi connectivity index (χ0n) is 14.9. The summed E-state index contributed by atoms with van der Waals surface area (Å²) in [4.78, 5) is 33.2. The molecule has 2 aliphatic heterocycles. The number of anilines is 1. The Morgan fingerprint density at radius 2 is 1.85 bits per heavy atom. The number of amides is 3. The van der Waals surface area contributed by atoms with Crippen LogP contribution in [0.5, 0.6) is 0 Å². The lowest BCUT2D eigenvalue weighted by Gasteiger charge is -2.37. The van der Waals surface area contributed by atoms with Crippen molar-refractivity contribution in [2.75, 3.05) is 57.8 Å². The molecule has 0 aliphatic carbocycles. The van der Waals surface area contributed by atoms with E-state index in [9.17, 15) is 9.59 Å². The molecule has 3 amide bonds. The fourth-order valence-corrected chi connectivity index (χ4v) is 3.11. The summed E-state index contributed by atoms with van der Waals surface area (Å²) in [5.74, 6) is 0.623. The SMILES string of the molecule is CN=C(NCCN1C(=O)CNC1=O)N1CCN(c2ccccc2)CC1.I. The number of benzene rings is 1. The molecule has 2 heterocycles. The predicted octanol–water partition coefficient (Wildman–Crippen LogP) is 0.554. The second-order valence-electron chi connectivity index (χ2n) is 5.99. The number of piperazine rings is 1. The van der Waals surface area contributed by atoms with Gasteiger partial charge in [0.1, 0.15) is 0 Å². The first-order valence-corrected chi connectivity index (χ1v) is 8.53. The molecule has 2 fully saturated rings. The van der Waals surface area contributed by atoms with Crippen molar-refractivity contribution in [1.82, 2.24) is 20.4 Å². The summed E-state index contributed by atoms with van der Waals surface area (Å²) in [5, 5.41) is 5.76. The van der Waals surface area contributed by atoms with Crippen LogP contribution in [0, 0.1) is 0 Å². The molecule has 0 aromatic heterocycles. The molecule has 2 saturated heterocycles. The maximum absolute atomic E-state index is 11.6. The molecule has 0 bridgehead atoms. The smallest absolute Gasteiger partial charge is 0.324 e. The van der Waals surface area contributed by atoms with Crippen LogP contribution in [0.1, 0.15) is 0 Å². The molecule has 8 nitrogen and oxygen atoms in total. The molecule has 2 N–H and O–H groups in total. The maximum Gasteiger partial charge on any atom is 0.324 e. The number of guanidine groups is 1. The summed E-state index contributed by atoms with van der Waals surface area (Å²) in [5.41, 5.74) is 1.24. The summed E-state index contributed by atoms with van der Waals surface area (Å²) in [6.45, 7) is 4.53. The lowest BCUT2D eigenvalue weighted by molar-refractivity contribution is -0.124. The maximum atomic E-state index is 11.6. The number of nitrogens with zero attached hydrogens (tertiary/aromatic N) is 4. The average molecular weight is 472 g/mol. The molecule has 1 aromatic carbocycles. The number of aliphatic imine (C=N–C) groups is 1. The van der Waals surface area contributed by atoms with E-state index in [-0.39, 0.29) is 42.5 Å². The number of hydrogen-bond donors (Lipinski definition) is 2. The van der Waals surface area contributed by atoms with Gasteiger partial charge in [-0.1, -0.05) is 18.2 Å². The number of para-hydroxylation sites is 1. The van der Waals surface area contributed by atoms with Crippen molar-refractivity contribution in [3.63, 3.8) is 0 Å². The highest BCUT2D eigenvalue weighted by Gasteiger charge is 2.28. The third-order valence-corrected chi connectivity index (χ3v) is 4.47. The van der Waals surface area contributed by atoms with Gasteiger partial charge in [0.05, 0.1) is 6.54 Å². The first kappa shape index (κ1) is 20.3. The second kappa shape index (κ2) is 9.60. The number of imide groups is 1. The topological polar surface area (TPSA) is 80.3 Å². The Morgan fingerprint density at radius 3 is 2.42 bits per heavy atom. The standard InChI is InChI=1S/C17H24N6O2.HI/c1-18-16(19-7-8-23-15(24)13-20-17(23)25)22-11-9-21(10-12-22)14-5-3-2-4-6-14;/h2-6H,7-13H2,1H3,(H,18,19)(H,20,25);1H. The molecule has 3 rings (SSSR count). The summed E-state index contributed by atoms with van der Waals surface area (Å²) in [7, 11) is 1.75. The predicted molar refractivity (Wildman–Crippen MR) is 112 cm³/mol. The highest BCUT2D eigenvalue weighted by Crippen LogP contribution is 2.15. The van der Waals surface area contributed by atoms with Gasteiger partial charge in [0, 0.05) is 52.0 Å². The Kier molecular flexibility index (Phi) is 7.49. The van der Waals surface area contributed by atoms with Crippen molar-refractivity contribution < 1.29 is 9.59 Å². The van der Waals surface area contributed by atoms with Gasteiger partial charge in [-0.05, 0) is 12.1 Å². The molecule has 26 heavy (non-hydrogen) atoms. The molecule has 9 heteroatoms. The molecule has 0 saturated carbocycles. The number of nitrogens with one attached hydrogen (secondary N) is 2. The van der Waals surface area contributed by atoms with Gasteiger partial charge >= 0.3 is 6.03 Å². The van der Waals surface area contributed by atoms with Crippen LogP contribution < -0.4 is 15.5 Å². The largest absolute Gasteiger partial charge is 0.368 e. The van der Waals surface area contributed by atoms with Crippen molar-refractivity contribution >= 4 is 47.6 Å². The van der Waals surface area contributed by atoms with Crippen LogP contribution in [-0.2, 0) is 4.79 Å². The van der Waals surface area contributed by atoms with E-state index in [2.05, 4.69) is 49.7 Å². The number of rotatable bonds is 4. The monoisotopic (exact) mass is 472 g/mol. The lowest BCUT2D eigenvalue weighted by Crippen LogP contribution is -2.53. The van der Waals surface area contributed by atoms with Crippen LogP contribution in [0.25, 0.3) is 0 Å². The van der Waals surface area contributed by atoms with E-state index in [1.54, 1.807) is 7.05 Å². The van der Waals surface area contributed by atoms with Gasteiger partial charge in [0.2, 0.25) is 5.91 Å².